The zero-order valence-electron chi connectivity index (χ0n) is 24.2. The zero-order chi connectivity index (χ0) is 31.1. The lowest BCUT2D eigenvalue weighted by Gasteiger charge is -2.44. The quantitative estimate of drug-likeness (QED) is 0.301. The van der Waals surface area contributed by atoms with Gasteiger partial charge in [-0.15, -0.1) is 0 Å². The number of rotatable bonds is 7. The average Bonchev–Trinajstić information content (AvgIpc) is 3.04. The number of aromatic nitrogens is 1. The molecule has 4 heterocycles. The van der Waals surface area contributed by atoms with Crippen molar-refractivity contribution in [3.63, 3.8) is 0 Å². The standard InChI is InChI=1S/C33H31ClN4O6S/c34-26-5-2-1-4-23(26)17-35-33(40)22-8-10-29(37-18-21-14-24(20-37)28-6-3-7-32(39)38(28)19-21)27(15-22)36-45(41,42)25-9-11-30-31(16-25)44-13-12-43-30/h1-11,15-16,21,24,36H,12-14,17-20H2,(H,35,40). The fourth-order valence-electron chi connectivity index (χ4n) is 6.44. The van der Waals surface area contributed by atoms with Crippen molar-refractivity contribution in [1.82, 2.24) is 9.88 Å². The van der Waals surface area contributed by atoms with Gasteiger partial charge < -0.3 is 24.3 Å². The molecule has 0 saturated carbocycles. The summed E-state index contributed by atoms with van der Waals surface area (Å²) in [4.78, 5) is 28.0. The maximum Gasteiger partial charge on any atom is 0.262 e. The molecule has 1 aromatic heterocycles. The summed E-state index contributed by atoms with van der Waals surface area (Å²) in [5, 5.41) is 3.42. The third kappa shape index (κ3) is 5.85. The fraction of sp³-hybridized carbons (Fsp3) is 0.273. The molecular formula is C33H31ClN4O6S. The molecule has 0 aliphatic carbocycles. The lowest BCUT2D eigenvalue weighted by Crippen LogP contribution is -2.47. The summed E-state index contributed by atoms with van der Waals surface area (Å²) >= 11 is 6.27. The van der Waals surface area contributed by atoms with E-state index in [2.05, 4.69) is 14.9 Å². The molecule has 7 rings (SSSR count). The van der Waals surface area contributed by atoms with Crippen LogP contribution in [0, 0.1) is 5.92 Å². The largest absolute Gasteiger partial charge is 0.486 e. The first-order valence-corrected chi connectivity index (χ1v) is 16.6. The minimum atomic E-state index is -4.09. The second kappa shape index (κ2) is 11.8. The third-order valence-electron chi connectivity index (χ3n) is 8.54. The van der Waals surface area contributed by atoms with Gasteiger partial charge in [-0.3, -0.25) is 14.3 Å². The summed E-state index contributed by atoms with van der Waals surface area (Å²) in [7, 11) is -4.09. The molecule has 3 aromatic carbocycles. The fourth-order valence-corrected chi connectivity index (χ4v) is 7.72. The first-order valence-electron chi connectivity index (χ1n) is 14.8. The van der Waals surface area contributed by atoms with Crippen molar-refractivity contribution in [3.8, 4) is 11.5 Å². The molecule has 45 heavy (non-hydrogen) atoms. The number of hydrogen-bond donors (Lipinski definition) is 2. The molecule has 2 bridgehead atoms. The second-order valence-electron chi connectivity index (χ2n) is 11.5. The SMILES string of the molecule is O=C(NCc1ccccc1Cl)c1ccc(N2CC3CC(C2)c2cccc(=O)n2C3)c(NS(=O)(=O)c2ccc3c(c2)OCCO3)c1. The van der Waals surface area contributed by atoms with Crippen LogP contribution in [0.3, 0.4) is 0 Å². The van der Waals surface area contributed by atoms with Crippen molar-refractivity contribution in [3.05, 3.63) is 111 Å². The highest BCUT2D eigenvalue weighted by molar-refractivity contribution is 7.92. The molecule has 0 spiro atoms. The highest BCUT2D eigenvalue weighted by Crippen LogP contribution is 2.40. The van der Waals surface area contributed by atoms with Crippen LogP contribution in [0.25, 0.3) is 0 Å². The number of anilines is 2. The van der Waals surface area contributed by atoms with E-state index in [0.29, 0.717) is 60.6 Å². The minimum absolute atomic E-state index is 0.00400. The van der Waals surface area contributed by atoms with E-state index < -0.39 is 10.0 Å². The summed E-state index contributed by atoms with van der Waals surface area (Å²) in [5.41, 5.74) is 2.97. The molecule has 12 heteroatoms. The van der Waals surface area contributed by atoms with Crippen molar-refractivity contribution in [1.29, 1.82) is 0 Å². The Labute approximate surface area is 265 Å². The van der Waals surface area contributed by atoms with E-state index in [4.69, 9.17) is 21.1 Å². The van der Waals surface area contributed by atoms with Crippen LogP contribution in [0.15, 0.2) is 88.6 Å². The second-order valence-corrected chi connectivity index (χ2v) is 13.6. The molecule has 1 amide bonds. The van der Waals surface area contributed by atoms with Crippen LogP contribution in [-0.4, -0.2) is 45.2 Å². The van der Waals surface area contributed by atoms with E-state index in [0.717, 1.165) is 17.7 Å². The van der Waals surface area contributed by atoms with Crippen molar-refractivity contribution >= 4 is 38.9 Å². The number of benzene rings is 3. The molecule has 1 fully saturated rings. The number of ether oxygens (including phenoxy) is 2. The Bertz CT molecular complexity index is 1960. The normalized spacial score (nSPS) is 18.6. The number of carbonyl (C=O) groups excluding carboxylic acids is 1. The maximum atomic E-state index is 13.8. The molecule has 4 aromatic rings. The van der Waals surface area contributed by atoms with E-state index in [-0.39, 0.29) is 40.4 Å². The predicted octanol–water partition coefficient (Wildman–Crippen LogP) is 4.63. The number of sulfonamides is 1. The molecule has 2 N–H and O–H groups in total. The maximum absolute atomic E-state index is 13.8. The van der Waals surface area contributed by atoms with Crippen LogP contribution in [-0.2, 0) is 23.1 Å². The van der Waals surface area contributed by atoms with Crippen molar-refractivity contribution in [2.24, 2.45) is 5.92 Å². The summed E-state index contributed by atoms with van der Waals surface area (Å²) in [6.45, 7) is 2.76. The highest BCUT2D eigenvalue weighted by Gasteiger charge is 2.35. The van der Waals surface area contributed by atoms with Gasteiger partial charge in [-0.25, -0.2) is 8.42 Å². The van der Waals surface area contributed by atoms with Crippen molar-refractivity contribution < 1.29 is 22.7 Å². The van der Waals surface area contributed by atoms with Crippen LogP contribution in [0.5, 0.6) is 11.5 Å². The summed E-state index contributed by atoms with van der Waals surface area (Å²) in [5.74, 6) is 0.779. The Morgan fingerprint density at radius 3 is 2.58 bits per heavy atom. The van der Waals surface area contributed by atoms with Gasteiger partial charge in [-0.1, -0.05) is 35.9 Å². The smallest absolute Gasteiger partial charge is 0.262 e. The van der Waals surface area contributed by atoms with Gasteiger partial charge in [-0.2, -0.15) is 0 Å². The molecule has 2 atom stereocenters. The Morgan fingerprint density at radius 2 is 1.73 bits per heavy atom. The molecular weight excluding hydrogens is 616 g/mol. The predicted molar refractivity (Wildman–Crippen MR) is 171 cm³/mol. The van der Waals surface area contributed by atoms with Gasteiger partial charge in [0.15, 0.2) is 11.5 Å². The van der Waals surface area contributed by atoms with Gasteiger partial charge in [-0.05, 0) is 60.4 Å². The highest BCUT2D eigenvalue weighted by atomic mass is 35.5. The zero-order valence-corrected chi connectivity index (χ0v) is 25.8. The molecule has 232 valence electrons. The van der Waals surface area contributed by atoms with Crippen LogP contribution in [0.4, 0.5) is 11.4 Å². The number of amides is 1. The number of hydrogen-bond acceptors (Lipinski definition) is 7. The Hall–Kier alpha value is -4.48. The molecule has 2 unspecified atom stereocenters. The number of nitrogens with one attached hydrogen (secondary N) is 2. The summed E-state index contributed by atoms with van der Waals surface area (Å²) in [6.07, 6.45) is 0.945. The number of halogens is 1. The van der Waals surface area contributed by atoms with Gasteiger partial charge in [0.25, 0.3) is 21.5 Å². The van der Waals surface area contributed by atoms with E-state index in [9.17, 15) is 18.0 Å². The van der Waals surface area contributed by atoms with E-state index in [1.165, 1.54) is 12.1 Å². The number of piperidine rings is 1. The summed E-state index contributed by atoms with van der Waals surface area (Å²) < 4.78 is 43.3. The third-order valence-corrected chi connectivity index (χ3v) is 10.3. The van der Waals surface area contributed by atoms with Crippen molar-refractivity contribution in [2.45, 2.75) is 30.3 Å². The van der Waals surface area contributed by atoms with Gasteiger partial charge in [0.05, 0.1) is 16.3 Å². The van der Waals surface area contributed by atoms with Gasteiger partial charge >= 0.3 is 0 Å². The van der Waals surface area contributed by atoms with E-state index >= 15 is 0 Å². The van der Waals surface area contributed by atoms with Gasteiger partial charge in [0.2, 0.25) is 0 Å². The van der Waals surface area contributed by atoms with E-state index in [1.807, 2.05) is 28.8 Å². The molecule has 3 aliphatic heterocycles. The average molecular weight is 647 g/mol. The van der Waals surface area contributed by atoms with Crippen LogP contribution in [0.2, 0.25) is 5.02 Å². The van der Waals surface area contributed by atoms with Crippen LogP contribution >= 0.6 is 11.6 Å². The lowest BCUT2D eigenvalue weighted by molar-refractivity contribution is 0.0951. The Balaban J connectivity index is 1.21. The van der Waals surface area contributed by atoms with Crippen LogP contribution in [0.1, 0.15) is 34.0 Å². The molecule has 3 aliphatic rings. The summed E-state index contributed by atoms with van der Waals surface area (Å²) in [6, 6.07) is 22.1. The van der Waals surface area contributed by atoms with Gasteiger partial charge in [0.1, 0.15) is 13.2 Å². The topological polar surface area (TPSA) is 119 Å². The molecule has 1 saturated heterocycles. The Morgan fingerprint density at radius 1 is 0.911 bits per heavy atom. The number of carbonyl (C=O) groups is 1. The Kier molecular flexibility index (Phi) is 7.66. The lowest BCUT2D eigenvalue weighted by atomic mass is 9.83. The van der Waals surface area contributed by atoms with Gasteiger partial charge in [0, 0.05) is 60.5 Å². The van der Waals surface area contributed by atoms with Crippen LogP contribution < -0.4 is 30.0 Å². The molecule has 10 nitrogen and oxygen atoms in total. The number of pyridine rings is 1. The first kappa shape index (κ1) is 29.2. The first-order chi connectivity index (χ1) is 21.7. The minimum Gasteiger partial charge on any atom is -0.486 e. The van der Waals surface area contributed by atoms with E-state index in [1.54, 1.807) is 42.5 Å². The molecule has 0 radical (unpaired) electrons. The number of fused-ring (bicyclic) bond motifs is 5. The monoisotopic (exact) mass is 646 g/mol. The number of nitrogens with zero attached hydrogens (tertiary/aromatic N) is 2. The van der Waals surface area contributed by atoms with Crippen molar-refractivity contribution in [2.75, 3.05) is 35.9 Å².